The molecule has 5 nitrogen and oxygen atoms in total. The highest BCUT2D eigenvalue weighted by Gasteiger charge is 2.35. The van der Waals surface area contributed by atoms with E-state index in [2.05, 4.69) is 6.92 Å². The van der Waals surface area contributed by atoms with Gasteiger partial charge in [-0.2, -0.15) is 0 Å². The molecule has 0 saturated carbocycles. The smallest absolute Gasteiger partial charge is 0.302 e. The van der Waals surface area contributed by atoms with E-state index in [1.54, 1.807) is 0 Å². The predicted molar refractivity (Wildman–Crippen MR) is 134 cm³/mol. The number of rotatable bonds is 22. The Morgan fingerprint density at radius 3 is 1.19 bits per heavy atom. The fourth-order valence-electron chi connectivity index (χ4n) is 4.14. The van der Waals surface area contributed by atoms with E-state index in [0.29, 0.717) is 0 Å². The summed E-state index contributed by atoms with van der Waals surface area (Å²) in [4.78, 5) is 24.7. The molecule has 0 rings (SSSR count). The molecule has 0 aromatic rings. The lowest BCUT2D eigenvalue weighted by atomic mass is 9.92. The summed E-state index contributed by atoms with van der Waals surface area (Å²) < 4.78 is 10.6. The minimum Gasteiger partial charge on any atom is -0.464 e. The maximum absolute atomic E-state index is 11.3. The summed E-state index contributed by atoms with van der Waals surface area (Å²) in [7, 11) is 3.92. The summed E-state index contributed by atoms with van der Waals surface area (Å²) in [5.41, 5.74) is -0.451. The van der Waals surface area contributed by atoms with Gasteiger partial charge < -0.3 is 9.47 Å². The highest BCUT2D eigenvalue weighted by atomic mass is 16.5. The zero-order valence-electron chi connectivity index (χ0n) is 22.0. The molecular formula is C27H53NO4. The predicted octanol–water partition coefficient (Wildman–Crippen LogP) is 7.06. The number of nitrogens with zero attached hydrogens (tertiary/aromatic N) is 1. The lowest BCUT2D eigenvalue weighted by Crippen LogP contribution is -2.52. The number of likely N-dealkylation sites (N-methyl/N-ethyl adjacent to an activating group) is 1. The van der Waals surface area contributed by atoms with Gasteiger partial charge in [-0.15, -0.1) is 0 Å². The molecular weight excluding hydrogens is 402 g/mol. The molecule has 0 aliphatic carbocycles. The van der Waals surface area contributed by atoms with Gasteiger partial charge in [0.1, 0.15) is 13.2 Å². The summed E-state index contributed by atoms with van der Waals surface area (Å²) >= 11 is 0. The summed E-state index contributed by atoms with van der Waals surface area (Å²) in [6, 6.07) is 0. The molecule has 0 unspecified atom stereocenters. The molecule has 5 heteroatoms. The largest absolute Gasteiger partial charge is 0.464 e. The van der Waals surface area contributed by atoms with E-state index >= 15 is 0 Å². The molecule has 0 aromatic carbocycles. The first-order chi connectivity index (χ1) is 15.3. The van der Waals surface area contributed by atoms with Crippen LogP contribution >= 0.6 is 0 Å². The Hall–Kier alpha value is -1.10. The van der Waals surface area contributed by atoms with Gasteiger partial charge in [-0.25, -0.2) is 0 Å². The maximum Gasteiger partial charge on any atom is 0.302 e. The van der Waals surface area contributed by atoms with Crippen LogP contribution in [-0.4, -0.2) is 49.7 Å². The zero-order valence-corrected chi connectivity index (χ0v) is 22.0. The highest BCUT2D eigenvalue weighted by Crippen LogP contribution is 2.23. The first kappa shape index (κ1) is 30.9. The van der Waals surface area contributed by atoms with Crippen molar-refractivity contribution < 1.29 is 19.1 Å². The van der Waals surface area contributed by atoms with Crippen molar-refractivity contribution >= 4 is 11.9 Å². The van der Waals surface area contributed by atoms with Gasteiger partial charge in [0, 0.05) is 13.8 Å². The van der Waals surface area contributed by atoms with Crippen molar-refractivity contribution in [1.29, 1.82) is 0 Å². The SMILES string of the molecule is CCCCCCCCCCCCCCCCCCC(COC(C)=O)(COC(C)=O)N(C)C. The van der Waals surface area contributed by atoms with Gasteiger partial charge in [0.15, 0.2) is 0 Å². The van der Waals surface area contributed by atoms with Gasteiger partial charge >= 0.3 is 11.9 Å². The van der Waals surface area contributed by atoms with Gasteiger partial charge in [0.25, 0.3) is 0 Å². The van der Waals surface area contributed by atoms with Crippen LogP contribution in [0.4, 0.5) is 0 Å². The van der Waals surface area contributed by atoms with Crippen molar-refractivity contribution in [2.75, 3.05) is 27.3 Å². The quantitative estimate of drug-likeness (QED) is 0.129. The Kier molecular flexibility index (Phi) is 19.8. The molecule has 0 radical (unpaired) electrons. The van der Waals surface area contributed by atoms with Gasteiger partial charge in [-0.05, 0) is 20.5 Å². The number of carbonyl (C=O) groups excluding carboxylic acids is 2. The average Bonchev–Trinajstić information content (AvgIpc) is 2.74. The summed E-state index contributed by atoms with van der Waals surface area (Å²) in [6.07, 6.45) is 22.3. The third-order valence-corrected chi connectivity index (χ3v) is 6.53. The van der Waals surface area contributed by atoms with Gasteiger partial charge in [-0.1, -0.05) is 110 Å². The molecule has 0 aliphatic heterocycles. The third kappa shape index (κ3) is 17.5. The first-order valence-electron chi connectivity index (χ1n) is 13.3. The second kappa shape index (κ2) is 20.5. The lowest BCUT2D eigenvalue weighted by Gasteiger charge is -2.38. The van der Waals surface area contributed by atoms with Crippen LogP contribution in [0.2, 0.25) is 0 Å². The van der Waals surface area contributed by atoms with E-state index in [4.69, 9.17) is 9.47 Å². The monoisotopic (exact) mass is 455 g/mol. The van der Waals surface area contributed by atoms with E-state index in [1.165, 1.54) is 104 Å². The van der Waals surface area contributed by atoms with Crippen LogP contribution in [0.3, 0.4) is 0 Å². The van der Waals surface area contributed by atoms with Crippen molar-refractivity contribution in [3.63, 3.8) is 0 Å². The van der Waals surface area contributed by atoms with E-state index in [-0.39, 0.29) is 25.2 Å². The van der Waals surface area contributed by atoms with Crippen molar-refractivity contribution in [2.45, 2.75) is 135 Å². The van der Waals surface area contributed by atoms with Gasteiger partial charge in [0.2, 0.25) is 0 Å². The van der Waals surface area contributed by atoms with Crippen molar-refractivity contribution in [3.8, 4) is 0 Å². The van der Waals surface area contributed by atoms with Crippen LogP contribution in [0.5, 0.6) is 0 Å². The van der Waals surface area contributed by atoms with Gasteiger partial charge in [0.05, 0.1) is 5.54 Å². The van der Waals surface area contributed by atoms with Crippen LogP contribution in [0.15, 0.2) is 0 Å². The molecule has 0 fully saturated rings. The minimum atomic E-state index is -0.451. The fourth-order valence-corrected chi connectivity index (χ4v) is 4.14. The van der Waals surface area contributed by atoms with Crippen LogP contribution < -0.4 is 0 Å². The number of esters is 2. The van der Waals surface area contributed by atoms with Crippen LogP contribution in [0, 0.1) is 0 Å². The van der Waals surface area contributed by atoms with Crippen molar-refractivity contribution in [2.24, 2.45) is 0 Å². The van der Waals surface area contributed by atoms with E-state index in [1.807, 2.05) is 19.0 Å². The fraction of sp³-hybridized carbons (Fsp3) is 0.926. The van der Waals surface area contributed by atoms with Crippen LogP contribution in [0.1, 0.15) is 130 Å². The molecule has 0 N–H and O–H groups in total. The minimum absolute atomic E-state index is 0.251. The van der Waals surface area contributed by atoms with E-state index in [9.17, 15) is 9.59 Å². The van der Waals surface area contributed by atoms with E-state index < -0.39 is 5.54 Å². The molecule has 0 aromatic heterocycles. The van der Waals surface area contributed by atoms with Crippen molar-refractivity contribution in [1.82, 2.24) is 4.90 Å². The topological polar surface area (TPSA) is 55.8 Å². The summed E-state index contributed by atoms with van der Waals surface area (Å²) in [5.74, 6) is -0.600. The maximum atomic E-state index is 11.3. The molecule has 0 spiro atoms. The Balaban J connectivity index is 3.86. The molecule has 32 heavy (non-hydrogen) atoms. The molecule has 0 atom stereocenters. The highest BCUT2D eigenvalue weighted by molar-refractivity contribution is 5.66. The number of unbranched alkanes of at least 4 members (excludes halogenated alkanes) is 15. The van der Waals surface area contributed by atoms with E-state index in [0.717, 1.165) is 19.3 Å². The number of ether oxygens (including phenoxy) is 2. The molecule has 190 valence electrons. The molecule has 0 heterocycles. The normalized spacial score (nSPS) is 11.7. The second-order valence-electron chi connectivity index (χ2n) is 9.73. The Morgan fingerprint density at radius 2 is 0.906 bits per heavy atom. The average molecular weight is 456 g/mol. The van der Waals surface area contributed by atoms with Gasteiger partial charge in [-0.3, -0.25) is 14.5 Å². The number of hydrogen-bond donors (Lipinski definition) is 0. The second-order valence-corrected chi connectivity index (χ2v) is 9.73. The molecule has 0 saturated heterocycles. The van der Waals surface area contributed by atoms with Crippen LogP contribution in [0.25, 0.3) is 0 Å². The first-order valence-corrected chi connectivity index (χ1v) is 13.3. The third-order valence-electron chi connectivity index (χ3n) is 6.53. The summed E-state index contributed by atoms with van der Waals surface area (Å²) in [6.45, 7) is 5.61. The molecule has 0 amide bonds. The molecule has 0 bridgehead atoms. The Bertz CT molecular complexity index is 447. The van der Waals surface area contributed by atoms with Crippen molar-refractivity contribution in [3.05, 3.63) is 0 Å². The zero-order chi connectivity index (χ0) is 24.1. The lowest BCUT2D eigenvalue weighted by molar-refractivity contribution is -0.152. The standard InChI is InChI=1S/C27H53NO4/c1-6-7-8-9-10-11-12-13-14-15-16-17-18-19-20-21-22-27(28(4)5,23-31-25(2)29)24-32-26(3)30/h6-24H2,1-5H3. The van der Waals surface area contributed by atoms with Crippen LogP contribution in [-0.2, 0) is 19.1 Å². The number of hydrogen-bond acceptors (Lipinski definition) is 5. The molecule has 0 aliphatic rings. The Labute approximate surface area is 199 Å². The number of carbonyl (C=O) groups is 2. The Morgan fingerprint density at radius 1 is 0.594 bits per heavy atom. The summed E-state index contributed by atoms with van der Waals surface area (Å²) in [5, 5.41) is 0.